The van der Waals surface area contributed by atoms with Crippen molar-refractivity contribution in [2.24, 2.45) is 16.8 Å². The SMILES string of the molecule is C.CCOC(=O)/C(=N\O)c1ccc(C2CCC(OC)CC2)cc1.CCOC(=O)C(=O)Cl.CCOC(=O)C(=O)c1ccc(C2CCC(OC)CC2)cc1.CCOC(=O)C(N)c1ccc(C2CCC(OC)CC2)cc1.COC1CCC(c2ccccc2)CC1.Cl.NO.O=C1CCC(c2ccccc2)CC1.OC1CCC(c2ccccc2)CC1.[CH3-].[HH].[Pd]. The molecule has 660 valence electrons. The van der Waals surface area contributed by atoms with Crippen molar-refractivity contribution >= 4 is 70.4 Å². The first-order valence-electron chi connectivity index (χ1n) is 40.7. The van der Waals surface area contributed by atoms with Crippen molar-refractivity contribution in [3.8, 4) is 0 Å². The first-order valence-corrected chi connectivity index (χ1v) is 41.1. The van der Waals surface area contributed by atoms with Crippen molar-refractivity contribution in [2.45, 2.75) is 261 Å². The van der Waals surface area contributed by atoms with E-state index >= 15 is 0 Å². The first kappa shape index (κ1) is 109. The van der Waals surface area contributed by atoms with Crippen LogP contribution in [0.5, 0.6) is 0 Å². The summed E-state index contributed by atoms with van der Waals surface area (Å²) in [6.07, 6.45) is 27.8. The Labute approximate surface area is 729 Å². The van der Waals surface area contributed by atoms with E-state index in [4.69, 9.17) is 60.9 Å². The van der Waals surface area contributed by atoms with Gasteiger partial charge in [-0.05, 0) is 255 Å². The molecule has 6 aliphatic rings. The Morgan fingerprint density at radius 3 is 0.975 bits per heavy atom. The van der Waals surface area contributed by atoms with Gasteiger partial charge in [0.1, 0.15) is 11.8 Å². The molecule has 118 heavy (non-hydrogen) atoms. The first-order chi connectivity index (χ1) is 55.3. The van der Waals surface area contributed by atoms with Crippen molar-refractivity contribution in [1.82, 2.24) is 0 Å². The van der Waals surface area contributed by atoms with Crippen LogP contribution in [0.2, 0.25) is 0 Å². The number of ether oxygens (including phenoxy) is 8. The van der Waals surface area contributed by atoms with E-state index in [1.165, 1.54) is 59.1 Å². The number of aliphatic hydroxyl groups is 1. The predicted octanol–water partition coefficient (Wildman–Crippen LogP) is 19.5. The number of nitrogens with two attached hydrogens (primary N) is 2. The third-order valence-corrected chi connectivity index (χ3v) is 22.3. The molecule has 0 bridgehead atoms. The zero-order chi connectivity index (χ0) is 83.0. The molecule has 0 aromatic heterocycles. The summed E-state index contributed by atoms with van der Waals surface area (Å²) in [5.41, 5.74) is 15.7. The monoisotopic (exact) mass is 1770 g/mol. The van der Waals surface area contributed by atoms with Gasteiger partial charge in [-0.25, -0.2) is 25.1 Å². The third kappa shape index (κ3) is 38.6. The summed E-state index contributed by atoms with van der Waals surface area (Å²) in [5, 5.41) is 26.9. The van der Waals surface area contributed by atoms with Crippen molar-refractivity contribution < 1.29 is 109 Å². The second-order valence-corrected chi connectivity index (χ2v) is 29.6. The number of aliphatic hydroxyl groups excluding tert-OH is 1. The molecule has 12 rings (SSSR count). The van der Waals surface area contributed by atoms with Gasteiger partial charge >= 0.3 is 29.1 Å². The van der Waals surface area contributed by atoms with Crippen LogP contribution in [0, 0.1) is 7.43 Å². The molecular formula is C94H136Cl2N3O18Pd-. The maximum Gasteiger partial charge on any atom is 0.391 e. The van der Waals surface area contributed by atoms with Crippen molar-refractivity contribution in [3.63, 3.8) is 0 Å². The molecule has 6 aromatic carbocycles. The maximum absolute atomic E-state index is 11.8. The Hall–Kier alpha value is -7.40. The number of halogens is 2. The molecule has 1 unspecified atom stereocenters. The summed E-state index contributed by atoms with van der Waals surface area (Å²) in [6.45, 7) is 7.77. The Bertz CT molecular complexity index is 3710. The van der Waals surface area contributed by atoms with E-state index in [1.807, 2.05) is 61.7 Å². The molecular weight excluding hydrogens is 1640 g/mol. The predicted molar refractivity (Wildman–Crippen MR) is 466 cm³/mol. The van der Waals surface area contributed by atoms with Crippen LogP contribution in [0.4, 0.5) is 0 Å². The fourth-order valence-corrected chi connectivity index (χ4v) is 15.5. The van der Waals surface area contributed by atoms with E-state index in [1.54, 1.807) is 61.2 Å². The minimum absolute atomic E-state index is 0. The van der Waals surface area contributed by atoms with Gasteiger partial charge in [0.2, 0.25) is 0 Å². The number of nitrogens with zero attached hydrogens (tertiary/aromatic N) is 1. The maximum atomic E-state index is 11.8. The van der Waals surface area contributed by atoms with E-state index < -0.39 is 35.0 Å². The summed E-state index contributed by atoms with van der Waals surface area (Å²) in [6, 6.07) is 54.4. The van der Waals surface area contributed by atoms with Crippen LogP contribution >= 0.6 is 24.0 Å². The normalized spacial score (nSPS) is 21.4. The van der Waals surface area contributed by atoms with Gasteiger partial charge in [0.15, 0.2) is 5.71 Å². The number of oxime groups is 1. The number of benzene rings is 6. The quantitative estimate of drug-likeness (QED) is 0.00427. The molecule has 6 aliphatic carbocycles. The average molecular weight is 1770 g/mol. The molecule has 0 amide bonds. The molecule has 21 nitrogen and oxygen atoms in total. The van der Waals surface area contributed by atoms with Gasteiger partial charge in [0.05, 0.1) is 56.9 Å². The van der Waals surface area contributed by atoms with E-state index in [-0.39, 0.29) is 86.7 Å². The molecule has 6 fully saturated rings. The number of carbonyl (C=O) groups excluding carboxylic acids is 7. The smallest absolute Gasteiger partial charge is 0.391 e. The topological polar surface area (TPSA) is 318 Å². The van der Waals surface area contributed by atoms with E-state index in [2.05, 4.69) is 113 Å². The summed E-state index contributed by atoms with van der Waals surface area (Å²) in [7, 11) is 7.15. The van der Waals surface area contributed by atoms with Gasteiger partial charge in [-0.15, -0.1) is 12.4 Å². The average Bonchev–Trinajstić information content (AvgIpc) is 0.840. The molecule has 24 heteroatoms. The Kier molecular flexibility index (Phi) is 57.7. The van der Waals surface area contributed by atoms with Crippen molar-refractivity contribution in [1.29, 1.82) is 0 Å². The number of esters is 4. The molecule has 6 aromatic rings. The van der Waals surface area contributed by atoms with E-state index in [0.717, 1.165) is 140 Å². The Morgan fingerprint density at radius 1 is 0.415 bits per heavy atom. The van der Waals surface area contributed by atoms with Crippen molar-refractivity contribution in [3.05, 3.63) is 221 Å². The van der Waals surface area contributed by atoms with Crippen molar-refractivity contribution in [2.75, 3.05) is 54.9 Å². The molecule has 1 atom stereocenters. The van der Waals surface area contributed by atoms with E-state index in [9.17, 15) is 38.7 Å². The number of carbonyl (C=O) groups is 7. The number of rotatable bonds is 21. The molecule has 6 saturated carbocycles. The molecule has 0 spiro atoms. The van der Waals surface area contributed by atoms with Gasteiger partial charge in [-0.2, -0.15) is 0 Å². The second-order valence-electron chi connectivity index (χ2n) is 29.2. The number of Topliss-reactive ketones (excluding diaryl/α,β-unsaturated/α-hetero) is 2. The summed E-state index contributed by atoms with van der Waals surface area (Å²) < 4.78 is 40.3. The second kappa shape index (κ2) is 62.7. The number of ketones is 2. The molecule has 0 aliphatic heterocycles. The van der Waals surface area contributed by atoms with Gasteiger partial charge in [0, 0.05) is 74.3 Å². The van der Waals surface area contributed by atoms with Crippen LogP contribution in [0.25, 0.3) is 0 Å². The third-order valence-electron chi connectivity index (χ3n) is 22.2. The molecule has 0 saturated heterocycles. The Morgan fingerprint density at radius 2 is 0.686 bits per heavy atom. The Balaban J connectivity index is 0.00000137. The summed E-state index contributed by atoms with van der Waals surface area (Å²) in [4.78, 5) is 77.5. The summed E-state index contributed by atoms with van der Waals surface area (Å²) >= 11 is 4.69. The number of methoxy groups -OCH3 is 4. The zero-order valence-corrected chi connectivity index (χ0v) is 73.1. The van der Waals surface area contributed by atoms with Gasteiger partial charge in [0.25, 0.3) is 5.78 Å². The fourth-order valence-electron chi connectivity index (χ4n) is 15.5. The molecule has 0 heterocycles. The van der Waals surface area contributed by atoms with Gasteiger partial charge < -0.3 is 66.6 Å². The van der Waals surface area contributed by atoms with Gasteiger partial charge in [-0.1, -0.05) is 176 Å². The van der Waals surface area contributed by atoms with Crippen LogP contribution in [0.15, 0.2) is 169 Å². The van der Waals surface area contributed by atoms with Crippen LogP contribution in [0.1, 0.15) is 287 Å². The van der Waals surface area contributed by atoms with Crippen LogP contribution < -0.4 is 11.6 Å². The number of hydrogen-bond donors (Lipinski definition) is 5. The summed E-state index contributed by atoms with van der Waals surface area (Å²) in [5.74, 6) is 4.30. The fraction of sp³-hybridized carbons (Fsp3) is 0.521. The minimum atomic E-state index is -1.08. The number of hydrogen-bond acceptors (Lipinski definition) is 21. The van der Waals surface area contributed by atoms with Crippen LogP contribution in [-0.2, 0) is 87.1 Å². The van der Waals surface area contributed by atoms with E-state index in [0.29, 0.717) is 77.5 Å². The standard InChI is InChI=1S/C17H23NO4.C17H25NO3.C17H22O4.C13H18O.C12H16O.C12H14O.C4H5ClO3.CH4.CH3.ClH.H3NO.Pd.H2/c1-3-22-17(19)16(18-20)14-6-4-12(5-7-14)13-8-10-15(21-2)11-9-13;2*1-3-21-17(19)16(18)14-6-4-12(5-7-14)13-8-10-15(20-2)11-9-13;1-14-13-9-7-12(8-10-13)11-5-3-2-4-6-11;2*13-12-8-6-11(7-9-12)10-4-2-1-3-5-10;1-2-8-4(7)3(5)6;;;;1-2;;/h4-7,13,15,20H,3,8-11H2,1-2H3;4-7,13,15-16H,3,8-11,18H2,1-2H3;4-7,13,15H,3,8-11H2,1-2H3;2-6,12-13H,7-10H2,1H3;1-5,11-13H,6-9H2;1-5,11H,6-9H2;2H2,1H3;1H4;1H3;1H;2H,1H2;;1H/q;;;;;;;;-1;;;;/b18-16-;;;;;;;;;;;;. The minimum Gasteiger partial charge on any atom is -0.465 e. The molecule has 0 radical (unpaired) electrons. The largest absolute Gasteiger partial charge is 0.465 e. The molecule has 7 N–H and O–H groups in total. The van der Waals surface area contributed by atoms with Crippen LogP contribution in [0.3, 0.4) is 0 Å². The zero-order valence-electron chi connectivity index (χ0n) is 70.0. The van der Waals surface area contributed by atoms with Gasteiger partial charge in [-0.3, -0.25) is 14.4 Å². The van der Waals surface area contributed by atoms with Crippen LogP contribution in [-0.4, -0.2) is 147 Å².